The maximum atomic E-state index is 12.7. The number of aromatic nitrogens is 2. The number of ether oxygens (including phenoxy) is 4. The second-order valence-electron chi connectivity index (χ2n) is 6.66. The Labute approximate surface area is 172 Å². The molecule has 1 aliphatic heterocycles. The predicted molar refractivity (Wildman–Crippen MR) is 109 cm³/mol. The number of hydrogen-bond donors (Lipinski definition) is 0. The fourth-order valence-electron chi connectivity index (χ4n) is 3.53. The number of nitrogens with zero attached hydrogens (tertiary/aromatic N) is 2. The van der Waals surface area contributed by atoms with Gasteiger partial charge in [0.25, 0.3) is 0 Å². The van der Waals surface area contributed by atoms with Gasteiger partial charge in [0.05, 0.1) is 27.0 Å². The van der Waals surface area contributed by atoms with E-state index >= 15 is 0 Å². The number of benzene rings is 2. The third kappa shape index (κ3) is 3.36. The van der Waals surface area contributed by atoms with E-state index in [1.165, 1.54) is 13.2 Å². The van der Waals surface area contributed by atoms with Gasteiger partial charge in [-0.15, -0.1) is 0 Å². The van der Waals surface area contributed by atoms with Crippen LogP contribution in [0.5, 0.6) is 28.9 Å². The van der Waals surface area contributed by atoms with E-state index in [1.807, 2.05) is 12.1 Å². The molecule has 3 aromatic rings. The van der Waals surface area contributed by atoms with Gasteiger partial charge in [-0.1, -0.05) is 0 Å². The molecule has 0 unspecified atom stereocenters. The number of carbonyl (C=O) groups is 1. The molecule has 4 rings (SSSR count). The normalized spacial score (nSPS) is 11.8. The van der Waals surface area contributed by atoms with E-state index in [9.17, 15) is 9.59 Å². The van der Waals surface area contributed by atoms with Crippen LogP contribution in [0.2, 0.25) is 0 Å². The van der Waals surface area contributed by atoms with Crippen LogP contribution in [-0.2, 0) is 13.0 Å². The molecular weight excluding hydrogens is 388 g/mol. The Morgan fingerprint density at radius 3 is 2.37 bits per heavy atom. The van der Waals surface area contributed by atoms with Gasteiger partial charge in [-0.3, -0.25) is 9.36 Å². The largest absolute Gasteiger partial charge is 0.493 e. The summed E-state index contributed by atoms with van der Waals surface area (Å²) in [5.74, 6) is 2.02. The summed E-state index contributed by atoms with van der Waals surface area (Å²) in [5.41, 5.74) is 2.54. The zero-order valence-corrected chi connectivity index (χ0v) is 16.8. The quantitative estimate of drug-likeness (QED) is 0.579. The summed E-state index contributed by atoms with van der Waals surface area (Å²) in [6, 6.07) is 10.2. The first-order valence-corrected chi connectivity index (χ1v) is 9.26. The molecule has 0 atom stereocenters. The minimum atomic E-state index is -0.423. The first kappa shape index (κ1) is 19.5. The highest BCUT2D eigenvalue weighted by Gasteiger charge is 2.22. The molecule has 8 nitrogen and oxygen atoms in total. The number of aldehydes is 1. The van der Waals surface area contributed by atoms with Crippen molar-refractivity contribution in [2.45, 2.75) is 13.0 Å². The molecule has 30 heavy (non-hydrogen) atoms. The van der Waals surface area contributed by atoms with Crippen molar-refractivity contribution in [2.75, 3.05) is 21.3 Å². The fraction of sp³-hybridized carbons (Fsp3) is 0.227. The van der Waals surface area contributed by atoms with Crippen LogP contribution in [0, 0.1) is 0 Å². The van der Waals surface area contributed by atoms with Gasteiger partial charge in [-0.05, 0) is 42.3 Å². The minimum Gasteiger partial charge on any atom is -0.493 e. The standard InChI is InChI=1S/C22H20N2O6/c1-27-17-5-4-13(12-25)8-20(17)30-21-11-16-15-10-19(29-3)18(28-2)9-14(15)6-7-24(16)22(26)23-21/h4-5,8-12H,6-7H2,1-3H3. The average molecular weight is 408 g/mol. The topological polar surface area (TPSA) is 88.9 Å². The van der Waals surface area contributed by atoms with Crippen molar-refractivity contribution >= 4 is 6.29 Å². The molecule has 1 aliphatic rings. The second-order valence-corrected chi connectivity index (χ2v) is 6.66. The smallest absolute Gasteiger partial charge is 0.351 e. The van der Waals surface area contributed by atoms with Crippen molar-refractivity contribution in [3.8, 4) is 40.1 Å². The first-order valence-electron chi connectivity index (χ1n) is 9.26. The van der Waals surface area contributed by atoms with E-state index in [0.717, 1.165) is 11.1 Å². The summed E-state index contributed by atoms with van der Waals surface area (Å²) < 4.78 is 23.5. The van der Waals surface area contributed by atoms with Crippen molar-refractivity contribution in [2.24, 2.45) is 0 Å². The van der Waals surface area contributed by atoms with Crippen LogP contribution in [0.1, 0.15) is 15.9 Å². The molecule has 154 valence electrons. The summed E-state index contributed by atoms with van der Waals surface area (Å²) in [6.07, 6.45) is 1.37. The lowest BCUT2D eigenvalue weighted by atomic mass is 9.97. The molecule has 0 radical (unpaired) electrons. The zero-order valence-electron chi connectivity index (χ0n) is 16.8. The Kier molecular flexibility index (Phi) is 5.14. The molecule has 2 heterocycles. The van der Waals surface area contributed by atoms with Crippen LogP contribution in [0.3, 0.4) is 0 Å². The molecule has 1 aromatic heterocycles. The van der Waals surface area contributed by atoms with Crippen LogP contribution < -0.4 is 24.6 Å². The highest BCUT2D eigenvalue weighted by molar-refractivity contribution is 5.76. The molecule has 0 N–H and O–H groups in total. The van der Waals surface area contributed by atoms with Gasteiger partial charge >= 0.3 is 5.69 Å². The maximum Gasteiger partial charge on any atom is 0.351 e. The molecule has 8 heteroatoms. The number of fused-ring (bicyclic) bond motifs is 3. The highest BCUT2D eigenvalue weighted by atomic mass is 16.5. The Balaban J connectivity index is 1.82. The van der Waals surface area contributed by atoms with Gasteiger partial charge in [0.2, 0.25) is 5.88 Å². The molecule has 0 saturated heterocycles. The van der Waals surface area contributed by atoms with Gasteiger partial charge in [-0.2, -0.15) is 4.98 Å². The van der Waals surface area contributed by atoms with E-state index in [2.05, 4.69) is 4.98 Å². The van der Waals surface area contributed by atoms with E-state index < -0.39 is 5.69 Å². The molecule has 0 bridgehead atoms. The Morgan fingerprint density at radius 2 is 1.67 bits per heavy atom. The second kappa shape index (κ2) is 7.90. The fourth-order valence-corrected chi connectivity index (χ4v) is 3.53. The van der Waals surface area contributed by atoms with E-state index in [0.29, 0.717) is 53.5 Å². The molecule has 0 spiro atoms. The molecule has 0 amide bonds. The summed E-state index contributed by atoms with van der Waals surface area (Å²) in [6.45, 7) is 0.494. The van der Waals surface area contributed by atoms with Crippen LogP contribution in [0.15, 0.2) is 41.2 Å². The van der Waals surface area contributed by atoms with Crippen LogP contribution in [0.4, 0.5) is 0 Å². The highest BCUT2D eigenvalue weighted by Crippen LogP contribution is 2.39. The van der Waals surface area contributed by atoms with Crippen LogP contribution in [-0.4, -0.2) is 37.2 Å². The molecular formula is C22H20N2O6. The van der Waals surface area contributed by atoms with Gasteiger partial charge in [-0.25, -0.2) is 4.79 Å². The SMILES string of the molecule is COc1cc2c(cc1OC)-c1cc(Oc3cc(C=O)ccc3OC)nc(=O)n1CC2. The lowest BCUT2D eigenvalue weighted by Crippen LogP contribution is -2.28. The van der Waals surface area contributed by atoms with Gasteiger partial charge in [0.1, 0.15) is 6.29 Å². The number of carbonyl (C=O) groups excluding carboxylic acids is 1. The predicted octanol–water partition coefficient (Wildman–Crippen LogP) is 3.10. The van der Waals surface area contributed by atoms with Gasteiger partial charge < -0.3 is 18.9 Å². The van der Waals surface area contributed by atoms with Crippen molar-refractivity contribution in [3.05, 3.63) is 58.0 Å². The number of aryl methyl sites for hydroxylation is 1. The first-order chi connectivity index (χ1) is 14.6. The van der Waals surface area contributed by atoms with E-state index in [4.69, 9.17) is 18.9 Å². The van der Waals surface area contributed by atoms with Crippen molar-refractivity contribution in [1.82, 2.24) is 9.55 Å². The van der Waals surface area contributed by atoms with Crippen LogP contribution in [0.25, 0.3) is 11.3 Å². The number of hydrogen-bond acceptors (Lipinski definition) is 7. The molecule has 0 saturated carbocycles. The Morgan fingerprint density at radius 1 is 0.933 bits per heavy atom. The van der Waals surface area contributed by atoms with E-state index in [-0.39, 0.29) is 5.88 Å². The van der Waals surface area contributed by atoms with Gasteiger partial charge in [0, 0.05) is 23.7 Å². The number of methoxy groups -OCH3 is 3. The van der Waals surface area contributed by atoms with Crippen molar-refractivity contribution in [1.29, 1.82) is 0 Å². The zero-order chi connectivity index (χ0) is 21.3. The summed E-state index contributed by atoms with van der Waals surface area (Å²) in [4.78, 5) is 27.8. The summed E-state index contributed by atoms with van der Waals surface area (Å²) in [7, 11) is 4.64. The maximum absolute atomic E-state index is 12.7. The summed E-state index contributed by atoms with van der Waals surface area (Å²) >= 11 is 0. The number of rotatable bonds is 6. The third-order valence-corrected chi connectivity index (χ3v) is 5.02. The Hall–Kier alpha value is -3.81. The van der Waals surface area contributed by atoms with E-state index in [1.54, 1.807) is 37.0 Å². The molecule has 2 aromatic carbocycles. The van der Waals surface area contributed by atoms with Gasteiger partial charge in [0.15, 0.2) is 23.0 Å². The van der Waals surface area contributed by atoms with Crippen molar-refractivity contribution < 1.29 is 23.7 Å². The van der Waals surface area contributed by atoms with Crippen molar-refractivity contribution in [3.63, 3.8) is 0 Å². The lowest BCUT2D eigenvalue weighted by molar-refractivity contribution is 0.112. The third-order valence-electron chi connectivity index (χ3n) is 5.02. The molecule has 0 fully saturated rings. The molecule has 0 aliphatic carbocycles. The lowest BCUT2D eigenvalue weighted by Gasteiger charge is -2.23. The monoisotopic (exact) mass is 408 g/mol. The Bertz CT molecular complexity index is 1180. The van der Waals surface area contributed by atoms with Crippen LogP contribution >= 0.6 is 0 Å². The summed E-state index contributed by atoms with van der Waals surface area (Å²) in [5, 5.41) is 0. The average Bonchev–Trinajstić information content (AvgIpc) is 2.77. The minimum absolute atomic E-state index is 0.107.